The molecule has 0 unspecified atom stereocenters. The fraction of sp³-hybridized carbons (Fsp3) is 0.280. The van der Waals surface area contributed by atoms with E-state index in [9.17, 15) is 4.79 Å². The summed E-state index contributed by atoms with van der Waals surface area (Å²) in [6.07, 6.45) is 3.63. The molecular weight excluding hydrogens is 390 g/mol. The van der Waals surface area contributed by atoms with Gasteiger partial charge in [-0.25, -0.2) is 4.98 Å². The molecule has 30 heavy (non-hydrogen) atoms. The molecule has 3 heterocycles. The van der Waals surface area contributed by atoms with Crippen molar-refractivity contribution < 1.29 is 4.90 Å². The summed E-state index contributed by atoms with van der Waals surface area (Å²) in [5.74, 6) is 1.57. The molecule has 1 fully saturated rings. The van der Waals surface area contributed by atoms with Crippen molar-refractivity contribution in [2.75, 3.05) is 13.1 Å². The summed E-state index contributed by atoms with van der Waals surface area (Å²) in [5, 5.41) is 2.76. The van der Waals surface area contributed by atoms with Crippen LogP contribution in [0, 0.1) is 5.92 Å². The van der Waals surface area contributed by atoms with Gasteiger partial charge in [0.25, 0.3) is 5.56 Å². The molecule has 2 aromatic heterocycles. The van der Waals surface area contributed by atoms with Gasteiger partial charge in [0.15, 0.2) is 5.82 Å². The van der Waals surface area contributed by atoms with E-state index in [-0.39, 0.29) is 5.56 Å². The van der Waals surface area contributed by atoms with Gasteiger partial charge in [0, 0.05) is 10.9 Å². The number of hydrogen-bond acceptors (Lipinski definition) is 3. The second-order valence-electron chi connectivity index (χ2n) is 8.27. The number of rotatable bonds is 5. The van der Waals surface area contributed by atoms with E-state index >= 15 is 0 Å². The fourth-order valence-corrected chi connectivity index (χ4v) is 5.53. The number of quaternary nitrogens is 1. The van der Waals surface area contributed by atoms with Crippen LogP contribution in [0.1, 0.15) is 24.2 Å². The summed E-state index contributed by atoms with van der Waals surface area (Å²) >= 11 is 1.56. The van der Waals surface area contributed by atoms with Gasteiger partial charge in [-0.15, -0.1) is 11.3 Å². The average Bonchev–Trinajstić information content (AvgIpc) is 3.21. The van der Waals surface area contributed by atoms with E-state index in [2.05, 4.69) is 35.3 Å². The molecule has 4 nitrogen and oxygen atoms in total. The maximum atomic E-state index is 12.9. The zero-order chi connectivity index (χ0) is 20.3. The quantitative estimate of drug-likeness (QED) is 0.521. The number of aromatic amines is 1. The van der Waals surface area contributed by atoms with Crippen LogP contribution >= 0.6 is 11.3 Å². The number of nitrogens with zero attached hydrogens (tertiary/aromatic N) is 1. The monoisotopic (exact) mass is 416 g/mol. The van der Waals surface area contributed by atoms with Gasteiger partial charge in [-0.05, 0) is 36.3 Å². The highest BCUT2D eigenvalue weighted by molar-refractivity contribution is 7.17. The smallest absolute Gasteiger partial charge is 0.260 e. The molecule has 5 heteroatoms. The van der Waals surface area contributed by atoms with Crippen LogP contribution in [0.5, 0.6) is 0 Å². The molecule has 152 valence electrons. The third-order valence-electron chi connectivity index (χ3n) is 6.17. The van der Waals surface area contributed by atoms with E-state index < -0.39 is 0 Å². The van der Waals surface area contributed by atoms with Crippen LogP contribution in [0.25, 0.3) is 21.3 Å². The third kappa shape index (κ3) is 4.09. The predicted molar refractivity (Wildman–Crippen MR) is 123 cm³/mol. The first-order valence-electron chi connectivity index (χ1n) is 10.7. The lowest BCUT2D eigenvalue weighted by molar-refractivity contribution is -0.920. The van der Waals surface area contributed by atoms with E-state index in [0.717, 1.165) is 47.3 Å². The lowest BCUT2D eigenvalue weighted by atomic mass is 9.90. The number of fused-ring (bicyclic) bond motifs is 1. The van der Waals surface area contributed by atoms with Gasteiger partial charge in [-0.3, -0.25) is 4.79 Å². The normalized spacial score (nSPS) is 19.2. The number of thiophene rings is 1. The maximum Gasteiger partial charge on any atom is 0.260 e. The Kier molecular flexibility index (Phi) is 5.47. The number of nitrogens with one attached hydrogen (secondary N) is 2. The molecule has 0 saturated carbocycles. The number of hydrogen-bond donors (Lipinski definition) is 2. The van der Waals surface area contributed by atoms with Gasteiger partial charge in [-0.1, -0.05) is 60.7 Å². The first-order valence-corrected chi connectivity index (χ1v) is 11.6. The summed E-state index contributed by atoms with van der Waals surface area (Å²) in [4.78, 5) is 23.1. The van der Waals surface area contributed by atoms with Crippen LogP contribution < -0.4 is 10.5 Å². The topological polar surface area (TPSA) is 50.2 Å². The minimum absolute atomic E-state index is 0.0199. The van der Waals surface area contributed by atoms with E-state index in [0.29, 0.717) is 5.39 Å². The largest absolute Gasteiger partial charge is 0.329 e. The fourth-order valence-electron chi connectivity index (χ4n) is 4.56. The minimum atomic E-state index is -0.0199. The molecular formula is C25H26N3OS+. The number of likely N-dealkylation sites (tertiary alicyclic amines) is 1. The first kappa shape index (κ1) is 19.2. The van der Waals surface area contributed by atoms with Crippen LogP contribution in [0.3, 0.4) is 0 Å². The van der Waals surface area contributed by atoms with Gasteiger partial charge in [0.2, 0.25) is 0 Å². The molecule has 2 N–H and O–H groups in total. The zero-order valence-electron chi connectivity index (χ0n) is 16.9. The minimum Gasteiger partial charge on any atom is -0.329 e. The molecule has 1 saturated heterocycles. The Morgan fingerprint density at radius 2 is 1.70 bits per heavy atom. The highest BCUT2D eigenvalue weighted by atomic mass is 32.1. The summed E-state index contributed by atoms with van der Waals surface area (Å²) < 4.78 is 0. The Morgan fingerprint density at radius 3 is 2.43 bits per heavy atom. The van der Waals surface area contributed by atoms with Crippen molar-refractivity contribution in [1.82, 2.24) is 9.97 Å². The SMILES string of the molecule is O=c1[nH]c(C[NH+]2CCC(Cc3ccccc3)CC2)nc2scc(-c3ccccc3)c12. The van der Waals surface area contributed by atoms with Gasteiger partial charge in [0.1, 0.15) is 11.4 Å². The van der Waals surface area contributed by atoms with Gasteiger partial charge >= 0.3 is 0 Å². The van der Waals surface area contributed by atoms with Gasteiger partial charge in [-0.2, -0.15) is 0 Å². The Balaban J connectivity index is 1.27. The summed E-state index contributed by atoms with van der Waals surface area (Å²) in [6, 6.07) is 20.9. The van der Waals surface area contributed by atoms with Crippen molar-refractivity contribution in [2.45, 2.75) is 25.8 Å². The Bertz CT molecular complexity index is 1180. The molecule has 4 aromatic rings. The summed E-state index contributed by atoms with van der Waals surface area (Å²) in [5.41, 5.74) is 3.46. The van der Waals surface area contributed by atoms with Crippen LogP contribution in [0.4, 0.5) is 0 Å². The van der Waals surface area contributed by atoms with Gasteiger partial charge in [0.05, 0.1) is 18.5 Å². The third-order valence-corrected chi connectivity index (χ3v) is 7.05. The van der Waals surface area contributed by atoms with E-state index in [4.69, 9.17) is 4.98 Å². The molecule has 0 amide bonds. The highest BCUT2D eigenvalue weighted by Gasteiger charge is 2.23. The molecule has 1 aliphatic heterocycles. The van der Waals surface area contributed by atoms with E-state index in [1.54, 1.807) is 11.3 Å². The second-order valence-corrected chi connectivity index (χ2v) is 9.13. The standard InChI is InChI=1S/C25H25N3OS/c29-24-23-21(20-9-5-2-6-10-20)17-30-25(23)27-22(26-24)16-28-13-11-19(12-14-28)15-18-7-3-1-4-8-18/h1-10,17,19H,11-16H2,(H,26,27,29)/p+1. The van der Waals surface area contributed by atoms with Crippen molar-refractivity contribution >= 4 is 21.6 Å². The lowest BCUT2D eigenvalue weighted by Gasteiger charge is -2.29. The number of benzene rings is 2. The molecule has 2 aromatic carbocycles. The maximum absolute atomic E-state index is 12.9. The highest BCUT2D eigenvalue weighted by Crippen LogP contribution is 2.30. The van der Waals surface area contributed by atoms with E-state index in [1.165, 1.54) is 29.7 Å². The Hall–Kier alpha value is -2.76. The molecule has 0 atom stereocenters. The predicted octanol–water partition coefficient (Wildman–Crippen LogP) is 3.69. The first-order chi connectivity index (χ1) is 14.8. The lowest BCUT2D eigenvalue weighted by Crippen LogP contribution is -3.11. The second kappa shape index (κ2) is 8.54. The van der Waals surface area contributed by atoms with Crippen LogP contribution in [-0.4, -0.2) is 23.1 Å². The van der Waals surface area contributed by atoms with Crippen LogP contribution in [-0.2, 0) is 13.0 Å². The van der Waals surface area contributed by atoms with Crippen LogP contribution in [0.2, 0.25) is 0 Å². The zero-order valence-corrected chi connectivity index (χ0v) is 17.8. The number of H-pyrrole nitrogens is 1. The average molecular weight is 417 g/mol. The van der Waals surface area contributed by atoms with Crippen molar-refractivity contribution in [3.63, 3.8) is 0 Å². The summed E-state index contributed by atoms with van der Waals surface area (Å²) in [7, 11) is 0. The molecule has 5 rings (SSSR count). The Labute approximate surface area is 180 Å². The van der Waals surface area contributed by atoms with Crippen LogP contribution in [0.15, 0.2) is 70.8 Å². The number of piperidine rings is 1. The molecule has 0 radical (unpaired) electrons. The van der Waals surface area contributed by atoms with Crippen molar-refractivity contribution in [3.05, 3.63) is 87.8 Å². The van der Waals surface area contributed by atoms with Crippen molar-refractivity contribution in [2.24, 2.45) is 5.92 Å². The molecule has 0 bridgehead atoms. The van der Waals surface area contributed by atoms with Crippen molar-refractivity contribution in [3.8, 4) is 11.1 Å². The summed E-state index contributed by atoms with van der Waals surface area (Å²) in [6.45, 7) is 3.07. The van der Waals surface area contributed by atoms with Gasteiger partial charge < -0.3 is 9.88 Å². The van der Waals surface area contributed by atoms with E-state index in [1.807, 2.05) is 35.7 Å². The van der Waals surface area contributed by atoms with Crippen molar-refractivity contribution in [1.29, 1.82) is 0 Å². The molecule has 1 aliphatic rings. The molecule has 0 spiro atoms. The molecule has 0 aliphatic carbocycles. The Morgan fingerprint density at radius 1 is 1.00 bits per heavy atom. The number of aromatic nitrogens is 2.